The van der Waals surface area contributed by atoms with Gasteiger partial charge >= 0.3 is 0 Å². The Balaban J connectivity index is 0.00000338. The quantitative estimate of drug-likeness (QED) is 0.764. The van der Waals surface area contributed by atoms with Gasteiger partial charge in [-0.05, 0) is 30.5 Å². The standard InChI is InChI=1S/C21H28N2O2.ClH/c1-16(14-22)21(24)23(15-18-9-5-4-6-10-18)17(2)13-19-11-7-8-12-20(19)25-3;/h4-12,16-17H,13-15,22H2,1-3H3;1H. The number of nitrogens with two attached hydrogens (primary N) is 1. The average Bonchev–Trinajstić information content (AvgIpc) is 2.66. The van der Waals surface area contributed by atoms with Crippen molar-refractivity contribution in [2.24, 2.45) is 11.7 Å². The largest absolute Gasteiger partial charge is 0.496 e. The molecule has 0 fully saturated rings. The Labute approximate surface area is 162 Å². The molecule has 2 aromatic rings. The lowest BCUT2D eigenvalue weighted by Crippen LogP contribution is -2.43. The molecular formula is C21H29ClN2O2. The van der Waals surface area contributed by atoms with Gasteiger partial charge in [0.05, 0.1) is 7.11 Å². The van der Waals surface area contributed by atoms with Crippen LogP contribution in [0.4, 0.5) is 0 Å². The number of rotatable bonds is 8. The SMILES string of the molecule is COc1ccccc1CC(C)N(Cc1ccccc1)C(=O)C(C)CN.Cl. The molecule has 2 N–H and O–H groups in total. The summed E-state index contributed by atoms with van der Waals surface area (Å²) in [5, 5.41) is 0. The van der Waals surface area contributed by atoms with Crippen molar-refractivity contribution in [3.05, 3.63) is 65.7 Å². The van der Waals surface area contributed by atoms with Gasteiger partial charge in [0.1, 0.15) is 5.75 Å². The second-order valence-electron chi connectivity index (χ2n) is 6.45. The summed E-state index contributed by atoms with van der Waals surface area (Å²) in [5.41, 5.74) is 7.95. The van der Waals surface area contributed by atoms with Gasteiger partial charge in [-0.25, -0.2) is 0 Å². The van der Waals surface area contributed by atoms with Gasteiger partial charge < -0.3 is 15.4 Å². The van der Waals surface area contributed by atoms with Crippen LogP contribution >= 0.6 is 12.4 Å². The average molecular weight is 377 g/mol. The zero-order chi connectivity index (χ0) is 18.2. The van der Waals surface area contributed by atoms with E-state index in [0.29, 0.717) is 13.1 Å². The van der Waals surface area contributed by atoms with E-state index in [1.165, 1.54) is 0 Å². The predicted octanol–water partition coefficient (Wildman–Crippen LogP) is 3.67. The first-order chi connectivity index (χ1) is 12.1. The number of hydrogen-bond donors (Lipinski definition) is 1. The molecule has 26 heavy (non-hydrogen) atoms. The highest BCUT2D eigenvalue weighted by atomic mass is 35.5. The number of para-hydroxylation sites is 1. The van der Waals surface area contributed by atoms with E-state index < -0.39 is 0 Å². The van der Waals surface area contributed by atoms with E-state index in [-0.39, 0.29) is 30.3 Å². The van der Waals surface area contributed by atoms with Gasteiger partial charge in [0.2, 0.25) is 5.91 Å². The molecule has 0 heterocycles. The molecule has 0 spiro atoms. The van der Waals surface area contributed by atoms with Gasteiger partial charge in [-0.3, -0.25) is 4.79 Å². The predicted molar refractivity (Wildman–Crippen MR) is 109 cm³/mol. The monoisotopic (exact) mass is 376 g/mol. The molecule has 2 unspecified atom stereocenters. The van der Waals surface area contributed by atoms with Crippen LogP contribution in [0, 0.1) is 5.92 Å². The van der Waals surface area contributed by atoms with E-state index in [0.717, 1.165) is 23.3 Å². The summed E-state index contributed by atoms with van der Waals surface area (Å²) in [6, 6.07) is 18.1. The molecule has 0 aromatic heterocycles. The maximum atomic E-state index is 12.9. The van der Waals surface area contributed by atoms with Gasteiger partial charge in [-0.15, -0.1) is 12.4 Å². The summed E-state index contributed by atoms with van der Waals surface area (Å²) < 4.78 is 5.45. The first kappa shape index (κ1) is 22.0. The maximum Gasteiger partial charge on any atom is 0.227 e. The minimum absolute atomic E-state index is 0. The third-order valence-corrected chi connectivity index (χ3v) is 4.49. The third kappa shape index (κ3) is 5.75. The summed E-state index contributed by atoms with van der Waals surface area (Å²) in [6.07, 6.45) is 0.736. The number of ether oxygens (including phenoxy) is 1. The Kier molecular flexibility index (Phi) is 9.17. The molecule has 2 rings (SSSR count). The van der Waals surface area contributed by atoms with Gasteiger partial charge in [-0.1, -0.05) is 55.5 Å². The zero-order valence-corrected chi connectivity index (χ0v) is 16.5. The van der Waals surface area contributed by atoms with Gasteiger partial charge in [0, 0.05) is 25.0 Å². The van der Waals surface area contributed by atoms with E-state index in [4.69, 9.17) is 10.5 Å². The molecule has 0 aliphatic heterocycles. The Morgan fingerprint density at radius 3 is 2.31 bits per heavy atom. The van der Waals surface area contributed by atoms with Crippen LogP contribution in [0.15, 0.2) is 54.6 Å². The van der Waals surface area contributed by atoms with Crippen LogP contribution in [0.3, 0.4) is 0 Å². The molecule has 0 aliphatic carbocycles. The minimum atomic E-state index is -0.191. The van der Waals surface area contributed by atoms with Crippen molar-refractivity contribution in [2.75, 3.05) is 13.7 Å². The Morgan fingerprint density at radius 2 is 1.69 bits per heavy atom. The molecule has 4 nitrogen and oxygen atoms in total. The van der Waals surface area contributed by atoms with Crippen molar-refractivity contribution in [3.8, 4) is 5.75 Å². The Bertz CT molecular complexity index is 679. The molecule has 0 saturated heterocycles. The number of methoxy groups -OCH3 is 1. The van der Waals surface area contributed by atoms with Crippen LogP contribution < -0.4 is 10.5 Å². The molecule has 5 heteroatoms. The molecule has 2 atom stereocenters. The first-order valence-electron chi connectivity index (χ1n) is 8.73. The molecule has 2 aromatic carbocycles. The van der Waals surface area contributed by atoms with Crippen LogP contribution in [0.1, 0.15) is 25.0 Å². The van der Waals surface area contributed by atoms with Crippen molar-refractivity contribution in [1.29, 1.82) is 0 Å². The molecular weight excluding hydrogens is 348 g/mol. The van der Waals surface area contributed by atoms with Gasteiger partial charge in [0.25, 0.3) is 0 Å². The molecule has 0 saturated carbocycles. The lowest BCUT2D eigenvalue weighted by Gasteiger charge is -2.32. The van der Waals surface area contributed by atoms with E-state index >= 15 is 0 Å². The molecule has 0 aliphatic rings. The summed E-state index contributed by atoms with van der Waals surface area (Å²) in [7, 11) is 1.67. The van der Waals surface area contributed by atoms with E-state index in [9.17, 15) is 4.79 Å². The first-order valence-corrected chi connectivity index (χ1v) is 8.73. The van der Waals surface area contributed by atoms with Crippen molar-refractivity contribution in [3.63, 3.8) is 0 Å². The van der Waals surface area contributed by atoms with Gasteiger partial charge in [0.15, 0.2) is 0 Å². The van der Waals surface area contributed by atoms with Crippen LogP contribution in [0.5, 0.6) is 5.75 Å². The summed E-state index contributed by atoms with van der Waals surface area (Å²) in [5.74, 6) is 0.755. The fourth-order valence-corrected chi connectivity index (χ4v) is 2.92. The van der Waals surface area contributed by atoms with Crippen LogP contribution in [-0.2, 0) is 17.8 Å². The van der Waals surface area contributed by atoms with Crippen molar-refractivity contribution in [1.82, 2.24) is 4.90 Å². The molecule has 1 amide bonds. The Hall–Kier alpha value is -2.04. The number of halogens is 1. The fraction of sp³-hybridized carbons (Fsp3) is 0.381. The molecule has 0 radical (unpaired) electrons. The Morgan fingerprint density at radius 1 is 1.08 bits per heavy atom. The highest BCUT2D eigenvalue weighted by Gasteiger charge is 2.25. The van der Waals surface area contributed by atoms with Crippen LogP contribution in [0.25, 0.3) is 0 Å². The molecule has 0 bridgehead atoms. The maximum absolute atomic E-state index is 12.9. The second kappa shape index (κ2) is 10.8. The summed E-state index contributed by atoms with van der Waals surface area (Å²) in [4.78, 5) is 14.8. The number of nitrogens with zero attached hydrogens (tertiary/aromatic N) is 1. The van der Waals surface area contributed by atoms with Crippen LogP contribution in [-0.4, -0.2) is 30.5 Å². The van der Waals surface area contributed by atoms with E-state index in [2.05, 4.69) is 6.92 Å². The number of carbonyl (C=O) groups is 1. The fourth-order valence-electron chi connectivity index (χ4n) is 2.92. The number of amides is 1. The molecule has 142 valence electrons. The lowest BCUT2D eigenvalue weighted by molar-refractivity contribution is -0.137. The van der Waals surface area contributed by atoms with E-state index in [1.54, 1.807) is 7.11 Å². The number of benzene rings is 2. The second-order valence-corrected chi connectivity index (χ2v) is 6.45. The highest BCUT2D eigenvalue weighted by Crippen LogP contribution is 2.22. The summed E-state index contributed by atoms with van der Waals surface area (Å²) in [6.45, 7) is 4.90. The van der Waals surface area contributed by atoms with Crippen molar-refractivity contribution < 1.29 is 9.53 Å². The van der Waals surface area contributed by atoms with Crippen LogP contribution in [0.2, 0.25) is 0 Å². The topological polar surface area (TPSA) is 55.6 Å². The van der Waals surface area contributed by atoms with E-state index in [1.807, 2.05) is 66.4 Å². The third-order valence-electron chi connectivity index (χ3n) is 4.49. The number of hydrogen-bond acceptors (Lipinski definition) is 3. The smallest absolute Gasteiger partial charge is 0.227 e. The minimum Gasteiger partial charge on any atom is -0.496 e. The summed E-state index contributed by atoms with van der Waals surface area (Å²) >= 11 is 0. The van der Waals surface area contributed by atoms with Crippen molar-refractivity contribution >= 4 is 18.3 Å². The number of carbonyl (C=O) groups excluding carboxylic acids is 1. The highest BCUT2D eigenvalue weighted by molar-refractivity contribution is 5.85. The zero-order valence-electron chi connectivity index (χ0n) is 15.7. The van der Waals surface area contributed by atoms with Crippen molar-refractivity contribution in [2.45, 2.75) is 32.9 Å². The normalized spacial score (nSPS) is 12.6. The lowest BCUT2D eigenvalue weighted by atomic mass is 10.0. The van der Waals surface area contributed by atoms with Gasteiger partial charge in [-0.2, -0.15) is 0 Å².